The van der Waals surface area contributed by atoms with E-state index >= 15 is 0 Å². The Labute approximate surface area is 204 Å². The first-order valence-electron chi connectivity index (χ1n) is 11.5. The van der Waals surface area contributed by atoms with Gasteiger partial charge in [-0.15, -0.1) is 0 Å². The molecule has 2 aromatic rings. The molecule has 1 aromatic carbocycles. The number of nitrogens with zero attached hydrogens (tertiary/aromatic N) is 2. The Morgan fingerprint density at radius 1 is 1.26 bits per heavy atom. The maximum Gasteiger partial charge on any atom is 0.292 e. The van der Waals surface area contributed by atoms with Crippen molar-refractivity contribution in [3.05, 3.63) is 46.3 Å². The summed E-state index contributed by atoms with van der Waals surface area (Å²) in [5.74, 6) is -0.437. The monoisotopic (exact) mass is 490 g/mol. The molecular weight excluding hydrogens is 460 g/mol. The maximum atomic E-state index is 13.0. The zero-order valence-electron chi connectivity index (χ0n) is 19.7. The second-order valence-electron chi connectivity index (χ2n) is 8.60. The molecule has 0 unspecified atom stereocenters. The van der Waals surface area contributed by atoms with Crippen LogP contribution in [0.4, 0.5) is 0 Å². The number of carbonyl (C=O) groups is 3. The second kappa shape index (κ2) is 11.9. The minimum absolute atomic E-state index is 0.0507. The number of hydrogen-bond donors (Lipinski definition) is 2. The van der Waals surface area contributed by atoms with Crippen molar-refractivity contribution in [3.8, 4) is 5.75 Å². The first-order valence-corrected chi connectivity index (χ1v) is 11.9. The molecule has 3 rings (SSSR count). The molecule has 9 nitrogen and oxygen atoms in total. The number of ether oxygens (including phenoxy) is 1. The van der Waals surface area contributed by atoms with Gasteiger partial charge in [0.2, 0.25) is 11.7 Å². The third-order valence-corrected chi connectivity index (χ3v) is 5.88. The van der Waals surface area contributed by atoms with Gasteiger partial charge in [-0.1, -0.05) is 37.5 Å². The summed E-state index contributed by atoms with van der Waals surface area (Å²) in [6.07, 6.45) is 1.83. The van der Waals surface area contributed by atoms with Gasteiger partial charge in [0.1, 0.15) is 12.4 Å². The van der Waals surface area contributed by atoms with Crippen LogP contribution < -0.4 is 15.4 Å². The van der Waals surface area contributed by atoms with Crippen molar-refractivity contribution in [1.29, 1.82) is 0 Å². The van der Waals surface area contributed by atoms with E-state index in [4.69, 9.17) is 20.9 Å². The molecule has 0 radical (unpaired) electrons. The van der Waals surface area contributed by atoms with Crippen LogP contribution in [0.25, 0.3) is 0 Å². The average molecular weight is 491 g/mol. The summed E-state index contributed by atoms with van der Waals surface area (Å²) in [4.78, 5) is 40.1. The lowest BCUT2D eigenvalue weighted by Crippen LogP contribution is -2.48. The Hall–Kier alpha value is -3.07. The summed E-state index contributed by atoms with van der Waals surface area (Å²) < 4.78 is 11.1. The van der Waals surface area contributed by atoms with E-state index in [0.29, 0.717) is 54.4 Å². The molecule has 0 fully saturated rings. The van der Waals surface area contributed by atoms with Crippen LogP contribution in [0.1, 0.15) is 60.2 Å². The predicted molar refractivity (Wildman–Crippen MR) is 127 cm³/mol. The quantitative estimate of drug-likeness (QED) is 0.683. The van der Waals surface area contributed by atoms with E-state index in [1.807, 2.05) is 20.8 Å². The maximum absolute atomic E-state index is 13.0. The number of halogens is 1. The summed E-state index contributed by atoms with van der Waals surface area (Å²) in [5.41, 5.74) is 1.01. The molecular formula is C24H31ClN4O5. The fourth-order valence-electron chi connectivity index (χ4n) is 3.52. The largest absolute Gasteiger partial charge is 0.491 e. The number of benzene rings is 1. The number of aromatic nitrogens is 1. The standard InChI is InChI=1S/C24H31ClN4O5/c1-4-17-12-21(34-28-17)24(32)29-10-6-5-9-26-23(31)18-11-16(25)7-8-20(18)33-14-19(15(2)3)27-22(30)13-29/h7-8,11-12,15,19H,4-6,9-10,13-14H2,1-3H3,(H,26,31)(H,27,30)/t19-/m0/s1. The zero-order valence-corrected chi connectivity index (χ0v) is 20.5. The van der Waals surface area contributed by atoms with E-state index in [-0.39, 0.29) is 42.7 Å². The van der Waals surface area contributed by atoms with Crippen LogP contribution in [-0.2, 0) is 11.2 Å². The number of aryl methyl sites for hydroxylation is 1. The Balaban J connectivity index is 1.81. The highest BCUT2D eigenvalue weighted by Gasteiger charge is 2.25. The number of fused-ring (bicyclic) bond motifs is 1. The van der Waals surface area contributed by atoms with Crippen molar-refractivity contribution in [1.82, 2.24) is 20.7 Å². The van der Waals surface area contributed by atoms with Gasteiger partial charge in [-0.2, -0.15) is 0 Å². The average Bonchev–Trinajstić information content (AvgIpc) is 3.29. The van der Waals surface area contributed by atoms with E-state index in [2.05, 4.69) is 15.8 Å². The van der Waals surface area contributed by atoms with E-state index in [1.165, 1.54) is 4.90 Å². The lowest BCUT2D eigenvalue weighted by atomic mass is 10.1. The molecule has 1 aliphatic rings. The van der Waals surface area contributed by atoms with Crippen LogP contribution in [0.15, 0.2) is 28.8 Å². The molecule has 34 heavy (non-hydrogen) atoms. The zero-order chi connectivity index (χ0) is 24.7. The molecule has 2 heterocycles. The van der Waals surface area contributed by atoms with Gasteiger partial charge in [-0.25, -0.2) is 0 Å². The summed E-state index contributed by atoms with van der Waals surface area (Å²) in [6, 6.07) is 6.13. The number of carbonyl (C=O) groups excluding carboxylic acids is 3. The Morgan fingerprint density at radius 3 is 2.76 bits per heavy atom. The first-order chi connectivity index (χ1) is 16.3. The SMILES string of the molecule is CCc1cc(C(=O)N2CCCCNC(=O)c3cc(Cl)ccc3OC[C@@H](C(C)C)NC(=O)C2)on1. The molecule has 1 aromatic heterocycles. The van der Waals surface area contributed by atoms with Gasteiger partial charge < -0.3 is 24.8 Å². The number of rotatable bonds is 3. The van der Waals surface area contributed by atoms with Crippen LogP contribution in [0.3, 0.4) is 0 Å². The summed E-state index contributed by atoms with van der Waals surface area (Å²) in [7, 11) is 0. The third-order valence-electron chi connectivity index (χ3n) is 5.65. The summed E-state index contributed by atoms with van der Waals surface area (Å²) in [5, 5.41) is 10.1. The summed E-state index contributed by atoms with van der Waals surface area (Å²) in [6.45, 7) is 6.59. The second-order valence-corrected chi connectivity index (χ2v) is 9.03. The highest BCUT2D eigenvalue weighted by Crippen LogP contribution is 2.24. The minimum atomic E-state index is -0.393. The smallest absolute Gasteiger partial charge is 0.292 e. The van der Waals surface area contributed by atoms with Crippen LogP contribution in [0.5, 0.6) is 5.75 Å². The molecule has 0 spiro atoms. The first kappa shape index (κ1) is 25.6. The Kier molecular flexibility index (Phi) is 8.92. The van der Waals surface area contributed by atoms with E-state index in [9.17, 15) is 14.4 Å². The molecule has 1 aliphatic heterocycles. The van der Waals surface area contributed by atoms with Crippen LogP contribution in [-0.4, -0.2) is 60.1 Å². The fourth-order valence-corrected chi connectivity index (χ4v) is 3.70. The fraction of sp³-hybridized carbons (Fsp3) is 0.500. The van der Waals surface area contributed by atoms with Gasteiger partial charge in [0, 0.05) is 24.2 Å². The highest BCUT2D eigenvalue weighted by molar-refractivity contribution is 6.31. The normalized spacial score (nSPS) is 18.3. The molecule has 0 saturated heterocycles. The number of hydrogen-bond acceptors (Lipinski definition) is 6. The molecule has 0 aliphatic carbocycles. The highest BCUT2D eigenvalue weighted by atomic mass is 35.5. The van der Waals surface area contributed by atoms with E-state index in [0.717, 1.165) is 0 Å². The molecule has 10 heteroatoms. The summed E-state index contributed by atoms with van der Waals surface area (Å²) >= 11 is 6.10. The molecule has 1 atom stereocenters. The van der Waals surface area contributed by atoms with E-state index in [1.54, 1.807) is 24.3 Å². The topological polar surface area (TPSA) is 114 Å². The lowest BCUT2D eigenvalue weighted by molar-refractivity contribution is -0.123. The van der Waals surface area contributed by atoms with E-state index < -0.39 is 5.91 Å². The third kappa shape index (κ3) is 6.72. The van der Waals surface area contributed by atoms with Crippen molar-refractivity contribution in [3.63, 3.8) is 0 Å². The van der Waals surface area contributed by atoms with Gasteiger partial charge in [0.15, 0.2) is 0 Å². The van der Waals surface area contributed by atoms with Crippen molar-refractivity contribution >= 4 is 29.3 Å². The van der Waals surface area contributed by atoms with Gasteiger partial charge in [-0.3, -0.25) is 14.4 Å². The van der Waals surface area contributed by atoms with Crippen LogP contribution >= 0.6 is 11.6 Å². The van der Waals surface area contributed by atoms with Gasteiger partial charge in [-0.05, 0) is 43.4 Å². The Bertz CT molecular complexity index is 1020. The van der Waals surface area contributed by atoms with Crippen molar-refractivity contribution in [2.45, 2.75) is 46.1 Å². The number of nitrogens with one attached hydrogen (secondary N) is 2. The molecule has 3 amide bonds. The van der Waals surface area contributed by atoms with Crippen molar-refractivity contribution < 1.29 is 23.6 Å². The molecule has 0 bridgehead atoms. The van der Waals surface area contributed by atoms with Gasteiger partial charge in [0.05, 0.1) is 23.8 Å². The van der Waals surface area contributed by atoms with Crippen LogP contribution in [0.2, 0.25) is 5.02 Å². The van der Waals surface area contributed by atoms with Gasteiger partial charge >= 0.3 is 0 Å². The molecule has 2 N–H and O–H groups in total. The van der Waals surface area contributed by atoms with Gasteiger partial charge in [0.25, 0.3) is 11.8 Å². The number of amides is 3. The predicted octanol–water partition coefficient (Wildman–Crippen LogP) is 3.08. The minimum Gasteiger partial charge on any atom is -0.491 e. The lowest BCUT2D eigenvalue weighted by Gasteiger charge is -2.26. The Morgan fingerprint density at radius 2 is 2.06 bits per heavy atom. The van der Waals surface area contributed by atoms with Crippen LogP contribution in [0, 0.1) is 5.92 Å². The van der Waals surface area contributed by atoms with Crippen molar-refractivity contribution in [2.75, 3.05) is 26.2 Å². The van der Waals surface area contributed by atoms with Crippen molar-refractivity contribution in [2.24, 2.45) is 5.92 Å². The molecule has 0 saturated carbocycles. The molecule has 184 valence electrons.